The van der Waals surface area contributed by atoms with Crippen LogP contribution in [0, 0.1) is 11.3 Å². The van der Waals surface area contributed by atoms with Gasteiger partial charge in [0, 0.05) is 44.2 Å². The first-order chi connectivity index (χ1) is 40.6. The summed E-state index contributed by atoms with van der Waals surface area (Å²) >= 11 is 0. The Hall–Kier alpha value is -10.4. The first-order valence-corrected chi connectivity index (χ1v) is 25.9. The van der Waals surface area contributed by atoms with Gasteiger partial charge < -0.3 is 4.57 Å². The van der Waals surface area contributed by atoms with E-state index >= 15 is 26.3 Å². The lowest BCUT2D eigenvalue weighted by Gasteiger charge is -2.21. The van der Waals surface area contributed by atoms with E-state index in [4.69, 9.17) is 19.9 Å². The Kier molecular flexibility index (Phi) is 13.7. The Morgan fingerprint density at radius 2 is 0.694 bits per heavy atom. The highest BCUT2D eigenvalue weighted by molar-refractivity contribution is 6.12. The van der Waals surface area contributed by atoms with Gasteiger partial charge in [0.15, 0.2) is 11.6 Å². The summed E-state index contributed by atoms with van der Waals surface area (Å²) in [6, 6.07) is 54.8. The van der Waals surface area contributed by atoms with Gasteiger partial charge in [-0.2, -0.15) is 57.9 Å². The van der Waals surface area contributed by atoms with Crippen molar-refractivity contribution in [2.75, 3.05) is 0 Å². The summed E-state index contributed by atoms with van der Waals surface area (Å²) in [4.78, 5) is 20.4. The summed E-state index contributed by atoms with van der Waals surface area (Å²) in [6.07, 6.45) is -21.0. The van der Waals surface area contributed by atoms with Crippen molar-refractivity contribution in [1.29, 1.82) is 5.26 Å². The van der Waals surface area contributed by atoms with Crippen LogP contribution < -0.4 is 0 Å². The van der Waals surface area contributed by atoms with Gasteiger partial charge in [0.2, 0.25) is 0 Å². The number of fused-ring (bicyclic) bond motifs is 3. The smallest absolute Gasteiger partial charge is 0.308 e. The molecule has 0 amide bonds. The van der Waals surface area contributed by atoms with Crippen molar-refractivity contribution in [1.82, 2.24) is 24.5 Å². The number of aromatic nitrogens is 5. The van der Waals surface area contributed by atoms with Gasteiger partial charge in [-0.1, -0.05) is 158 Å². The molecule has 0 radical (unpaired) electrons. The largest absolute Gasteiger partial charge is 0.417 e. The van der Waals surface area contributed by atoms with E-state index in [0.717, 1.165) is 0 Å². The molecule has 9 aromatic carbocycles. The maximum absolute atomic E-state index is 15.1. The minimum Gasteiger partial charge on any atom is -0.308 e. The van der Waals surface area contributed by atoms with Gasteiger partial charge in [0.25, 0.3) is 0 Å². The monoisotopic (exact) mass is 1150 g/mol. The Balaban J connectivity index is 1.28. The zero-order valence-corrected chi connectivity index (χ0v) is 43.5. The molecule has 0 aliphatic carbocycles. The lowest BCUT2D eigenvalue weighted by atomic mass is 9.95. The Morgan fingerprint density at radius 1 is 0.318 bits per heavy atom. The number of nitriles is 1. The first-order valence-electron chi connectivity index (χ1n) is 25.9. The average Bonchev–Trinajstić information content (AvgIpc) is 1.72. The van der Waals surface area contributed by atoms with Crippen molar-refractivity contribution in [3.8, 4) is 102 Å². The van der Waals surface area contributed by atoms with Gasteiger partial charge in [-0.15, -0.1) is 0 Å². The fourth-order valence-electron chi connectivity index (χ4n) is 10.5. The molecular weight excluding hydrogens is 1120 g/mol. The van der Waals surface area contributed by atoms with Crippen LogP contribution >= 0.6 is 0 Å². The molecule has 0 bridgehead atoms. The highest BCUT2D eigenvalue weighted by Gasteiger charge is 2.40. The summed E-state index contributed by atoms with van der Waals surface area (Å²) in [5.41, 5.74) is -4.24. The zero-order chi connectivity index (χ0) is 59.6. The van der Waals surface area contributed by atoms with Crippen LogP contribution in [-0.2, 0) is 24.7 Å². The van der Waals surface area contributed by atoms with Crippen LogP contribution in [-0.4, -0.2) is 24.5 Å². The van der Waals surface area contributed by atoms with Crippen LogP contribution in [0.4, 0.5) is 52.7 Å². The highest BCUT2D eigenvalue weighted by atomic mass is 19.4. The summed E-state index contributed by atoms with van der Waals surface area (Å²) in [5.74, 6) is 0.150. The molecule has 418 valence electrons. The first kappa shape index (κ1) is 55.1. The van der Waals surface area contributed by atoms with E-state index in [0.29, 0.717) is 63.6 Å². The standard InChI is InChI=1S/C67H36F12N6/c68-64(69,70)45-23-27-47(53(33-45)66(74,75)76)43-21-25-49-50-26-22-44(48-28-24-46(65(71,72)73)34-54(48)67(77,78)79)32-60(50)85(59(49)31-43)61-51(58-36-57(41-17-9-3-10-18-41)81-62(84-58)42-19-11-4-12-20-42)29-38(37-80)30-52(61)63-82-55(39-13-5-1-6-14-39)35-56(83-63)40-15-7-2-8-16-40/h1-36H. The minimum absolute atomic E-state index is 0.00557. The molecule has 12 aromatic rings. The van der Waals surface area contributed by atoms with Crippen molar-refractivity contribution in [2.45, 2.75) is 24.7 Å². The van der Waals surface area contributed by atoms with E-state index in [1.54, 1.807) is 133 Å². The molecule has 0 fully saturated rings. The predicted octanol–water partition coefficient (Wildman–Crippen LogP) is 19.6. The van der Waals surface area contributed by atoms with Gasteiger partial charge in [-0.25, -0.2) is 19.9 Å². The molecule has 6 nitrogen and oxygen atoms in total. The fourth-order valence-corrected chi connectivity index (χ4v) is 10.5. The zero-order valence-electron chi connectivity index (χ0n) is 43.5. The second-order valence-corrected chi connectivity index (χ2v) is 19.7. The summed E-state index contributed by atoms with van der Waals surface area (Å²) in [6.45, 7) is 0. The van der Waals surface area contributed by atoms with Crippen LogP contribution in [0.3, 0.4) is 0 Å². The van der Waals surface area contributed by atoms with E-state index in [9.17, 15) is 31.6 Å². The number of hydrogen-bond acceptors (Lipinski definition) is 5. The molecule has 3 aromatic heterocycles. The quantitative estimate of drug-likeness (QED) is 0.135. The molecule has 12 rings (SSSR count). The van der Waals surface area contributed by atoms with Crippen LogP contribution in [0.15, 0.2) is 218 Å². The molecule has 0 spiro atoms. The van der Waals surface area contributed by atoms with Gasteiger partial charge in [0.05, 0.1) is 73.4 Å². The number of alkyl halides is 12. The predicted molar refractivity (Wildman–Crippen MR) is 300 cm³/mol. The molecule has 0 atom stereocenters. The second-order valence-electron chi connectivity index (χ2n) is 19.7. The van der Waals surface area contributed by atoms with Gasteiger partial charge in [-0.3, -0.25) is 0 Å². The summed E-state index contributed by atoms with van der Waals surface area (Å²) in [7, 11) is 0. The van der Waals surface area contributed by atoms with Crippen molar-refractivity contribution in [3.63, 3.8) is 0 Å². The second kappa shape index (κ2) is 21.1. The SMILES string of the molecule is N#Cc1cc(-c2cc(-c3ccccc3)nc(-c3ccccc3)n2)c(-n2c3cc(-c4ccc(C(F)(F)F)cc4C(F)(F)F)ccc3c3ccc(-c4ccc(C(F)(F)F)cc4C(F)(F)F)cc32)c(-c2nc(-c3ccccc3)cc(-c3ccccc3)n2)c1. The van der Waals surface area contributed by atoms with Gasteiger partial charge in [0.1, 0.15) is 0 Å². The molecule has 0 N–H and O–H groups in total. The molecule has 0 aliphatic rings. The third-order valence-electron chi connectivity index (χ3n) is 14.4. The molecule has 3 heterocycles. The van der Waals surface area contributed by atoms with E-state index in [2.05, 4.69) is 6.07 Å². The number of nitrogens with zero attached hydrogens (tertiary/aromatic N) is 6. The highest BCUT2D eigenvalue weighted by Crippen LogP contribution is 2.48. The van der Waals surface area contributed by atoms with Crippen molar-refractivity contribution in [2.24, 2.45) is 0 Å². The number of rotatable bonds is 9. The van der Waals surface area contributed by atoms with E-state index in [1.807, 2.05) is 0 Å². The van der Waals surface area contributed by atoms with Crippen LogP contribution in [0.1, 0.15) is 27.8 Å². The molecule has 0 unspecified atom stereocenters. The fraction of sp³-hybridized carbons (Fsp3) is 0.0597. The lowest BCUT2D eigenvalue weighted by Crippen LogP contribution is -2.12. The van der Waals surface area contributed by atoms with Crippen molar-refractivity contribution >= 4 is 21.8 Å². The molecule has 18 heteroatoms. The summed E-state index contributed by atoms with van der Waals surface area (Å²) in [5, 5.41) is 11.6. The topological polar surface area (TPSA) is 80.3 Å². The third-order valence-corrected chi connectivity index (χ3v) is 14.4. The number of benzene rings is 9. The van der Waals surface area contributed by atoms with E-state index in [1.165, 1.54) is 53.1 Å². The lowest BCUT2D eigenvalue weighted by molar-refractivity contribution is -0.144. The van der Waals surface area contributed by atoms with Crippen LogP contribution in [0.2, 0.25) is 0 Å². The minimum atomic E-state index is -5.34. The average molecular weight is 1150 g/mol. The van der Waals surface area contributed by atoms with Gasteiger partial charge in [-0.05, 0) is 82.9 Å². The maximum atomic E-state index is 15.1. The molecule has 85 heavy (non-hydrogen) atoms. The Bertz CT molecular complexity index is 4190. The summed E-state index contributed by atoms with van der Waals surface area (Å²) < 4.78 is 177. The molecule has 0 aliphatic heterocycles. The molecular formula is C67H36F12N6. The van der Waals surface area contributed by atoms with Crippen molar-refractivity contribution < 1.29 is 52.7 Å². The van der Waals surface area contributed by atoms with E-state index < -0.39 is 58.1 Å². The maximum Gasteiger partial charge on any atom is 0.417 e. The molecule has 0 saturated heterocycles. The normalized spacial score (nSPS) is 12.2. The van der Waals surface area contributed by atoms with Crippen LogP contribution in [0.25, 0.3) is 118 Å². The third kappa shape index (κ3) is 10.7. The van der Waals surface area contributed by atoms with Crippen molar-refractivity contribution in [3.05, 3.63) is 246 Å². The number of halogens is 12. The van der Waals surface area contributed by atoms with Crippen LogP contribution in [0.5, 0.6) is 0 Å². The van der Waals surface area contributed by atoms with Gasteiger partial charge >= 0.3 is 24.7 Å². The number of hydrogen-bond donors (Lipinski definition) is 0. The molecule has 0 saturated carbocycles. The Labute approximate surface area is 475 Å². The van der Waals surface area contributed by atoms with E-state index in [-0.39, 0.29) is 84.8 Å². The Morgan fingerprint density at radius 3 is 1.09 bits per heavy atom.